The monoisotopic (exact) mass is 560 g/mol. The maximum absolute atomic E-state index is 13.9. The SMILES string of the molecule is C=CCOC(=O)c1sc(N2C(=O)c3oc4ccccc4c(=O)c3C2c2ccc(OCCCC)c(OC)c2)nc1C. The number of ether oxygens (including phenoxy) is 3. The molecule has 0 N–H and O–H groups in total. The number of amides is 1. The summed E-state index contributed by atoms with van der Waals surface area (Å²) in [7, 11) is 1.53. The molecule has 1 aliphatic rings. The van der Waals surface area contributed by atoms with Crippen molar-refractivity contribution in [2.24, 2.45) is 0 Å². The zero-order valence-corrected chi connectivity index (χ0v) is 23.2. The van der Waals surface area contributed by atoms with Crippen molar-refractivity contribution >= 4 is 39.3 Å². The number of rotatable bonds is 10. The molecule has 1 atom stereocenters. The molecule has 2 aromatic heterocycles. The zero-order chi connectivity index (χ0) is 28.4. The summed E-state index contributed by atoms with van der Waals surface area (Å²) < 4.78 is 22.7. The van der Waals surface area contributed by atoms with E-state index >= 15 is 0 Å². The molecule has 0 saturated heterocycles. The second-order valence-electron chi connectivity index (χ2n) is 9.16. The van der Waals surface area contributed by atoms with Crippen LogP contribution >= 0.6 is 11.3 Å². The van der Waals surface area contributed by atoms with Gasteiger partial charge in [0.15, 0.2) is 22.1 Å². The number of esters is 1. The first-order chi connectivity index (χ1) is 19.4. The van der Waals surface area contributed by atoms with E-state index in [-0.39, 0.29) is 33.4 Å². The smallest absolute Gasteiger partial charge is 0.350 e. The first-order valence-corrected chi connectivity index (χ1v) is 13.7. The van der Waals surface area contributed by atoms with Crippen molar-refractivity contribution in [2.45, 2.75) is 32.7 Å². The summed E-state index contributed by atoms with van der Waals surface area (Å²) in [5.41, 5.74) is 1.17. The molecule has 0 aliphatic carbocycles. The van der Waals surface area contributed by atoms with Gasteiger partial charge in [-0.05, 0) is 43.2 Å². The summed E-state index contributed by atoms with van der Waals surface area (Å²) in [4.78, 5) is 46.6. The highest BCUT2D eigenvalue weighted by Crippen LogP contribution is 2.44. The number of thiazole rings is 1. The number of methoxy groups -OCH3 is 1. The van der Waals surface area contributed by atoms with E-state index in [9.17, 15) is 14.4 Å². The lowest BCUT2D eigenvalue weighted by atomic mass is 9.98. The molecule has 206 valence electrons. The van der Waals surface area contributed by atoms with E-state index in [1.807, 2.05) is 0 Å². The largest absolute Gasteiger partial charge is 0.493 e. The highest BCUT2D eigenvalue weighted by molar-refractivity contribution is 7.17. The number of aryl methyl sites for hydroxylation is 1. The highest BCUT2D eigenvalue weighted by Gasteiger charge is 2.45. The Hall–Kier alpha value is -4.44. The van der Waals surface area contributed by atoms with Gasteiger partial charge in [0.1, 0.15) is 17.1 Å². The Kier molecular flexibility index (Phi) is 7.70. The molecule has 0 fully saturated rings. The van der Waals surface area contributed by atoms with E-state index in [0.717, 1.165) is 24.2 Å². The third-order valence-electron chi connectivity index (χ3n) is 6.55. The van der Waals surface area contributed by atoms with E-state index in [0.29, 0.717) is 40.3 Å². The van der Waals surface area contributed by atoms with Crippen molar-refractivity contribution in [1.82, 2.24) is 4.98 Å². The number of anilines is 1. The van der Waals surface area contributed by atoms with E-state index in [1.54, 1.807) is 49.4 Å². The van der Waals surface area contributed by atoms with Gasteiger partial charge in [-0.1, -0.05) is 55.5 Å². The van der Waals surface area contributed by atoms with Crippen LogP contribution in [-0.2, 0) is 4.74 Å². The van der Waals surface area contributed by atoms with Crippen molar-refractivity contribution < 1.29 is 28.2 Å². The summed E-state index contributed by atoms with van der Waals surface area (Å²) in [6, 6.07) is 11.2. The lowest BCUT2D eigenvalue weighted by Crippen LogP contribution is -2.29. The Morgan fingerprint density at radius 3 is 2.75 bits per heavy atom. The van der Waals surface area contributed by atoms with Gasteiger partial charge >= 0.3 is 5.97 Å². The van der Waals surface area contributed by atoms with Crippen LogP contribution in [0.5, 0.6) is 11.5 Å². The average molecular weight is 561 g/mol. The fourth-order valence-electron chi connectivity index (χ4n) is 4.61. The first kappa shape index (κ1) is 27.1. The molecule has 4 aromatic rings. The maximum Gasteiger partial charge on any atom is 0.350 e. The molecule has 5 rings (SSSR count). The van der Waals surface area contributed by atoms with Gasteiger partial charge < -0.3 is 18.6 Å². The number of hydrogen-bond donors (Lipinski definition) is 0. The number of hydrogen-bond acceptors (Lipinski definition) is 9. The quantitative estimate of drug-likeness (QED) is 0.135. The van der Waals surface area contributed by atoms with Gasteiger partial charge in [-0.2, -0.15) is 0 Å². The van der Waals surface area contributed by atoms with Crippen LogP contribution in [-0.4, -0.2) is 37.2 Å². The second kappa shape index (κ2) is 11.4. The molecule has 0 saturated carbocycles. The minimum absolute atomic E-state index is 0.0414. The molecule has 9 nitrogen and oxygen atoms in total. The Morgan fingerprint density at radius 2 is 2.00 bits per heavy atom. The predicted molar refractivity (Wildman–Crippen MR) is 152 cm³/mol. The summed E-state index contributed by atoms with van der Waals surface area (Å²) in [6.07, 6.45) is 3.34. The second-order valence-corrected chi connectivity index (χ2v) is 10.1. The molecule has 0 radical (unpaired) electrons. The lowest BCUT2D eigenvalue weighted by molar-refractivity contribution is 0.0554. The van der Waals surface area contributed by atoms with Gasteiger partial charge in [0, 0.05) is 0 Å². The van der Waals surface area contributed by atoms with Gasteiger partial charge in [-0.15, -0.1) is 0 Å². The third kappa shape index (κ3) is 4.75. The fraction of sp³-hybridized carbons (Fsp3) is 0.267. The first-order valence-electron chi connectivity index (χ1n) is 12.8. The van der Waals surface area contributed by atoms with Gasteiger partial charge in [-0.25, -0.2) is 9.78 Å². The number of benzene rings is 2. The number of fused-ring (bicyclic) bond motifs is 2. The Labute approximate surface area is 234 Å². The molecule has 3 heterocycles. The standard InChI is InChI=1S/C30H28N2O7S/c1-5-7-15-37-21-13-12-18(16-22(21)36-4)24-23-25(33)19-10-8-9-11-20(19)39-26(23)28(34)32(24)30-31-17(3)27(40-30)29(35)38-14-6-2/h6,8-13,16,24H,2,5,7,14-15H2,1,3-4H3. The van der Waals surface area contributed by atoms with Gasteiger partial charge in [-0.3, -0.25) is 14.5 Å². The minimum atomic E-state index is -0.885. The van der Waals surface area contributed by atoms with E-state index in [4.69, 9.17) is 18.6 Å². The van der Waals surface area contributed by atoms with Crippen LogP contribution in [0.3, 0.4) is 0 Å². The summed E-state index contributed by atoms with van der Waals surface area (Å²) >= 11 is 1.01. The molecule has 10 heteroatoms. The molecule has 1 aliphatic heterocycles. The normalized spacial score (nSPS) is 14.3. The van der Waals surface area contributed by atoms with Crippen LogP contribution in [0.2, 0.25) is 0 Å². The number of para-hydroxylation sites is 1. The van der Waals surface area contributed by atoms with Crippen LogP contribution in [0.4, 0.5) is 5.13 Å². The molecule has 40 heavy (non-hydrogen) atoms. The predicted octanol–water partition coefficient (Wildman–Crippen LogP) is 5.84. The van der Waals surface area contributed by atoms with Crippen molar-refractivity contribution in [1.29, 1.82) is 0 Å². The average Bonchev–Trinajstić information content (AvgIpc) is 3.49. The van der Waals surface area contributed by atoms with E-state index in [1.165, 1.54) is 18.1 Å². The van der Waals surface area contributed by atoms with Crippen LogP contribution in [0.15, 0.2) is 64.3 Å². The van der Waals surface area contributed by atoms with Crippen molar-refractivity contribution in [3.63, 3.8) is 0 Å². The van der Waals surface area contributed by atoms with Gasteiger partial charge in [0.05, 0.1) is 36.4 Å². The molecule has 2 aromatic carbocycles. The van der Waals surface area contributed by atoms with Crippen molar-refractivity contribution in [3.8, 4) is 11.5 Å². The number of aromatic nitrogens is 1. The lowest BCUT2D eigenvalue weighted by Gasteiger charge is -2.23. The summed E-state index contributed by atoms with van der Waals surface area (Å²) in [6.45, 7) is 7.87. The number of unbranched alkanes of at least 4 members (excludes halogenated alkanes) is 1. The Bertz CT molecular complexity index is 1670. The number of nitrogens with zero attached hydrogens (tertiary/aromatic N) is 2. The zero-order valence-electron chi connectivity index (χ0n) is 22.4. The minimum Gasteiger partial charge on any atom is -0.493 e. The summed E-state index contributed by atoms with van der Waals surface area (Å²) in [5, 5.41) is 0.589. The fourth-order valence-corrected chi connectivity index (χ4v) is 5.59. The molecular weight excluding hydrogens is 532 g/mol. The maximum atomic E-state index is 13.9. The number of carbonyl (C=O) groups is 2. The molecule has 0 spiro atoms. The molecule has 1 unspecified atom stereocenters. The topological polar surface area (TPSA) is 108 Å². The van der Waals surface area contributed by atoms with Crippen LogP contribution < -0.4 is 19.8 Å². The van der Waals surface area contributed by atoms with Crippen molar-refractivity contribution in [2.75, 3.05) is 25.2 Å². The third-order valence-corrected chi connectivity index (χ3v) is 7.68. The Balaban J connectivity index is 1.67. The van der Waals surface area contributed by atoms with Gasteiger partial charge in [0.2, 0.25) is 5.76 Å². The highest BCUT2D eigenvalue weighted by atomic mass is 32.1. The van der Waals surface area contributed by atoms with Gasteiger partial charge in [0.25, 0.3) is 5.91 Å². The summed E-state index contributed by atoms with van der Waals surface area (Å²) in [5.74, 6) is -0.163. The van der Waals surface area contributed by atoms with E-state index < -0.39 is 17.9 Å². The molecule has 0 bridgehead atoms. The van der Waals surface area contributed by atoms with Crippen LogP contribution in [0.1, 0.15) is 62.9 Å². The molecular formula is C30H28N2O7S. The van der Waals surface area contributed by atoms with Crippen LogP contribution in [0, 0.1) is 6.92 Å². The molecule has 1 amide bonds. The Morgan fingerprint density at radius 1 is 1.20 bits per heavy atom. The van der Waals surface area contributed by atoms with E-state index in [2.05, 4.69) is 18.5 Å². The van der Waals surface area contributed by atoms with Crippen LogP contribution in [0.25, 0.3) is 11.0 Å². The number of carbonyl (C=O) groups excluding carboxylic acids is 2. The van der Waals surface area contributed by atoms with Crippen molar-refractivity contribution in [3.05, 3.63) is 92.8 Å².